The van der Waals surface area contributed by atoms with E-state index in [1.807, 2.05) is 54.6 Å². The van der Waals surface area contributed by atoms with Crippen molar-refractivity contribution in [2.24, 2.45) is 4.99 Å². The number of halogens is 1. The number of methoxy groups -OCH3 is 1. The summed E-state index contributed by atoms with van der Waals surface area (Å²) in [6, 6.07) is 24.2. The monoisotopic (exact) mass is 493 g/mol. The van der Waals surface area contributed by atoms with Crippen molar-refractivity contribution in [3.05, 3.63) is 89.4 Å². The molecule has 34 heavy (non-hydrogen) atoms. The molecule has 0 aromatic heterocycles. The average molecular weight is 494 g/mol. The number of aliphatic imine (C=N–C) groups is 1. The zero-order valence-corrected chi connectivity index (χ0v) is 20.2. The van der Waals surface area contributed by atoms with Crippen molar-refractivity contribution in [3.63, 3.8) is 0 Å². The number of benzene rings is 3. The van der Waals surface area contributed by atoms with Crippen LogP contribution in [0.3, 0.4) is 0 Å². The molecule has 0 saturated carbocycles. The third-order valence-electron chi connectivity index (χ3n) is 5.29. The van der Waals surface area contributed by atoms with Crippen LogP contribution in [0.2, 0.25) is 5.02 Å². The lowest BCUT2D eigenvalue weighted by atomic mass is 10.1. The van der Waals surface area contributed by atoms with Crippen LogP contribution in [0.1, 0.15) is 12.0 Å². The van der Waals surface area contributed by atoms with Crippen LogP contribution in [-0.2, 0) is 16.0 Å². The van der Waals surface area contributed by atoms with E-state index in [9.17, 15) is 9.59 Å². The minimum absolute atomic E-state index is 0.0908. The summed E-state index contributed by atoms with van der Waals surface area (Å²) in [6.45, 7) is 0.480. The molecule has 1 saturated heterocycles. The van der Waals surface area contributed by atoms with Gasteiger partial charge in [0, 0.05) is 23.7 Å². The number of ether oxygens (including phenoxy) is 1. The molecule has 0 unspecified atom stereocenters. The van der Waals surface area contributed by atoms with Crippen LogP contribution >= 0.6 is 23.4 Å². The number of nitrogens with one attached hydrogen (secondary N) is 1. The highest BCUT2D eigenvalue weighted by Gasteiger charge is 2.35. The molecule has 1 fully saturated rings. The van der Waals surface area contributed by atoms with Gasteiger partial charge in [-0.2, -0.15) is 0 Å². The summed E-state index contributed by atoms with van der Waals surface area (Å²) >= 11 is 7.32. The van der Waals surface area contributed by atoms with Crippen LogP contribution in [0.25, 0.3) is 0 Å². The number of hydrogen-bond donors (Lipinski definition) is 1. The number of hydrogen-bond acceptors (Lipinski definition) is 5. The van der Waals surface area contributed by atoms with Crippen molar-refractivity contribution in [1.29, 1.82) is 0 Å². The highest BCUT2D eigenvalue weighted by atomic mass is 35.5. The van der Waals surface area contributed by atoms with E-state index < -0.39 is 5.25 Å². The summed E-state index contributed by atoms with van der Waals surface area (Å²) in [6.07, 6.45) is 0.779. The Hall–Kier alpha value is -3.29. The zero-order chi connectivity index (χ0) is 23.9. The molecule has 1 heterocycles. The topological polar surface area (TPSA) is 71.0 Å². The number of thioether (sulfide) groups is 1. The molecule has 4 rings (SSSR count). The van der Waals surface area contributed by atoms with Gasteiger partial charge < -0.3 is 10.1 Å². The number of carbonyl (C=O) groups excluding carboxylic acids is 2. The van der Waals surface area contributed by atoms with Crippen LogP contribution in [0.5, 0.6) is 5.75 Å². The van der Waals surface area contributed by atoms with Gasteiger partial charge in [-0.3, -0.25) is 14.5 Å². The summed E-state index contributed by atoms with van der Waals surface area (Å²) in [5.74, 6) is 0.329. The molecule has 3 aromatic carbocycles. The minimum atomic E-state index is -0.601. The molecule has 2 amide bonds. The van der Waals surface area contributed by atoms with Gasteiger partial charge >= 0.3 is 0 Å². The molecule has 0 radical (unpaired) electrons. The lowest BCUT2D eigenvalue weighted by Gasteiger charge is -2.32. The maximum Gasteiger partial charge on any atom is 0.238 e. The number of carbonyl (C=O) groups is 2. The molecule has 0 spiro atoms. The number of nitrogens with zero attached hydrogens (tertiary/aromatic N) is 2. The number of amides is 2. The van der Waals surface area contributed by atoms with Crippen LogP contribution in [-0.4, -0.2) is 40.8 Å². The normalized spacial score (nSPS) is 17.0. The fourth-order valence-electron chi connectivity index (χ4n) is 3.50. The van der Waals surface area contributed by atoms with E-state index in [1.165, 1.54) is 11.8 Å². The Morgan fingerprint density at radius 1 is 1.12 bits per heavy atom. The molecule has 1 aliphatic rings. The maximum atomic E-state index is 13.1. The largest absolute Gasteiger partial charge is 0.497 e. The van der Waals surface area contributed by atoms with Crippen molar-refractivity contribution in [1.82, 2.24) is 4.90 Å². The van der Waals surface area contributed by atoms with E-state index in [4.69, 9.17) is 21.3 Å². The van der Waals surface area contributed by atoms with Gasteiger partial charge in [0.15, 0.2) is 5.17 Å². The van der Waals surface area contributed by atoms with Crippen molar-refractivity contribution >= 4 is 51.7 Å². The molecule has 174 valence electrons. The lowest BCUT2D eigenvalue weighted by Crippen LogP contribution is -2.46. The Balaban J connectivity index is 1.55. The first-order chi connectivity index (χ1) is 16.5. The Morgan fingerprint density at radius 3 is 2.59 bits per heavy atom. The number of rotatable bonds is 7. The second-order valence-electron chi connectivity index (χ2n) is 7.68. The Labute approximate surface area is 208 Å². The van der Waals surface area contributed by atoms with E-state index in [0.29, 0.717) is 34.5 Å². The van der Waals surface area contributed by atoms with Crippen molar-refractivity contribution in [2.45, 2.75) is 18.1 Å². The summed E-state index contributed by atoms with van der Waals surface area (Å²) < 4.78 is 5.22. The second kappa shape index (κ2) is 11.2. The predicted octanol–water partition coefficient (Wildman–Crippen LogP) is 5.55. The second-order valence-corrected chi connectivity index (χ2v) is 9.29. The van der Waals surface area contributed by atoms with Gasteiger partial charge in [-0.05, 0) is 54.4 Å². The molecule has 1 atom stereocenters. The van der Waals surface area contributed by atoms with E-state index in [-0.39, 0.29) is 18.2 Å². The fraction of sp³-hybridized carbons (Fsp3) is 0.192. The van der Waals surface area contributed by atoms with Gasteiger partial charge in [0.1, 0.15) is 11.0 Å². The standard InChI is InChI=1S/C26H24ClN3O3S/c1-33-22-12-10-20(11-13-22)29-26-30(15-14-18-6-3-2-4-7-18)24(31)17-23(34-26)25(32)28-21-9-5-8-19(27)16-21/h2-13,16,23H,14-15,17H2,1H3,(H,28,32)/t23-/m1/s1. The first-order valence-corrected chi connectivity index (χ1v) is 12.1. The Bertz CT molecular complexity index is 1190. The van der Waals surface area contributed by atoms with Crippen LogP contribution in [0.4, 0.5) is 11.4 Å². The van der Waals surface area contributed by atoms with E-state index in [0.717, 1.165) is 11.3 Å². The highest BCUT2D eigenvalue weighted by Crippen LogP contribution is 2.31. The molecule has 0 aliphatic carbocycles. The smallest absolute Gasteiger partial charge is 0.238 e. The summed E-state index contributed by atoms with van der Waals surface area (Å²) in [7, 11) is 1.60. The fourth-order valence-corrected chi connectivity index (χ4v) is 4.82. The SMILES string of the molecule is COc1ccc(N=C2S[C@@H](C(=O)Nc3cccc(Cl)c3)CC(=O)N2CCc2ccccc2)cc1. The molecular weight excluding hydrogens is 470 g/mol. The van der Waals surface area contributed by atoms with Crippen LogP contribution in [0.15, 0.2) is 83.9 Å². The van der Waals surface area contributed by atoms with Gasteiger partial charge in [0.25, 0.3) is 0 Å². The average Bonchev–Trinajstić information content (AvgIpc) is 2.84. The molecule has 6 nitrogen and oxygen atoms in total. The molecular formula is C26H24ClN3O3S. The summed E-state index contributed by atoms with van der Waals surface area (Å²) in [4.78, 5) is 32.5. The van der Waals surface area contributed by atoms with Crippen LogP contribution in [0, 0.1) is 0 Å². The van der Waals surface area contributed by atoms with E-state index >= 15 is 0 Å². The van der Waals surface area contributed by atoms with Gasteiger partial charge in [0.2, 0.25) is 11.8 Å². The number of amidine groups is 1. The first-order valence-electron chi connectivity index (χ1n) is 10.8. The summed E-state index contributed by atoms with van der Waals surface area (Å²) in [5.41, 5.74) is 2.40. The third kappa shape index (κ3) is 6.18. The minimum Gasteiger partial charge on any atom is -0.497 e. The molecule has 1 N–H and O–H groups in total. The van der Waals surface area contributed by atoms with Gasteiger partial charge in [-0.25, -0.2) is 4.99 Å². The Kier molecular flexibility index (Phi) is 7.87. The van der Waals surface area contributed by atoms with E-state index in [2.05, 4.69) is 5.32 Å². The summed E-state index contributed by atoms with van der Waals surface area (Å²) in [5, 5.41) is 3.29. The maximum absolute atomic E-state index is 13.1. The van der Waals surface area contributed by atoms with Crippen molar-refractivity contribution < 1.29 is 14.3 Å². The molecule has 0 bridgehead atoms. The van der Waals surface area contributed by atoms with Crippen LogP contribution < -0.4 is 10.1 Å². The lowest BCUT2D eigenvalue weighted by molar-refractivity contribution is -0.129. The zero-order valence-electron chi connectivity index (χ0n) is 18.6. The third-order valence-corrected chi connectivity index (χ3v) is 6.71. The van der Waals surface area contributed by atoms with Crippen molar-refractivity contribution in [2.75, 3.05) is 19.0 Å². The Morgan fingerprint density at radius 2 is 1.88 bits per heavy atom. The quantitative estimate of drug-likeness (QED) is 0.468. The van der Waals surface area contributed by atoms with E-state index in [1.54, 1.807) is 36.3 Å². The molecule has 8 heteroatoms. The molecule has 1 aliphatic heterocycles. The van der Waals surface area contributed by atoms with Gasteiger partial charge in [-0.1, -0.05) is 59.8 Å². The van der Waals surface area contributed by atoms with Gasteiger partial charge in [0.05, 0.1) is 12.8 Å². The molecule has 3 aromatic rings. The number of anilines is 1. The highest BCUT2D eigenvalue weighted by molar-refractivity contribution is 8.15. The first kappa shape index (κ1) is 23.9. The van der Waals surface area contributed by atoms with Gasteiger partial charge in [-0.15, -0.1) is 0 Å². The predicted molar refractivity (Wildman–Crippen MR) is 138 cm³/mol. The van der Waals surface area contributed by atoms with Crippen molar-refractivity contribution in [3.8, 4) is 5.75 Å².